The molecule has 0 bridgehead atoms. The quantitative estimate of drug-likeness (QED) is 0.791. The highest BCUT2D eigenvalue weighted by molar-refractivity contribution is 6.05. The summed E-state index contributed by atoms with van der Waals surface area (Å²) in [5, 5.41) is 14.8. The topological polar surface area (TPSA) is 61.4 Å². The van der Waals surface area contributed by atoms with Crippen LogP contribution in [0.2, 0.25) is 0 Å². The Morgan fingerprint density at radius 3 is 2.33 bits per heavy atom. The van der Waals surface area contributed by atoms with Crippen LogP contribution in [0.4, 0.5) is 11.4 Å². The monoisotopic (exact) mass is 284 g/mol. The number of amides is 1. The number of hydrogen-bond donors (Lipinski definition) is 3. The molecule has 0 atom stereocenters. The Kier molecular flexibility index (Phi) is 4.95. The lowest BCUT2D eigenvalue weighted by atomic mass is 10.1. The lowest BCUT2D eigenvalue weighted by Crippen LogP contribution is -2.13. The van der Waals surface area contributed by atoms with E-state index in [0.29, 0.717) is 12.0 Å². The predicted molar refractivity (Wildman–Crippen MR) is 85.9 cm³/mol. The number of anilines is 2. The molecule has 0 aliphatic heterocycles. The fraction of sp³-hybridized carbons (Fsp3) is 0.235. The largest absolute Gasteiger partial charge is 0.396 e. The molecule has 0 fully saturated rings. The fourth-order valence-electron chi connectivity index (χ4n) is 2.16. The molecule has 0 aromatic heterocycles. The van der Waals surface area contributed by atoms with E-state index in [1.54, 1.807) is 0 Å². The second-order valence-electron chi connectivity index (χ2n) is 4.90. The summed E-state index contributed by atoms with van der Waals surface area (Å²) in [5.41, 5.74) is 4.37. The highest BCUT2D eigenvalue weighted by atomic mass is 16.2. The van der Waals surface area contributed by atoms with Gasteiger partial charge in [0.05, 0.1) is 0 Å². The third-order valence-electron chi connectivity index (χ3n) is 3.37. The van der Waals surface area contributed by atoms with Crippen LogP contribution in [0, 0.1) is 6.92 Å². The normalized spacial score (nSPS) is 10.2. The lowest BCUT2D eigenvalue weighted by Gasteiger charge is -2.10. The standard InChI is InChI=1S/C17H20N2O2/c1-12-11-15(18-2)7-8-16(12)17(21)19-14-5-3-13(4-6-14)9-10-20/h3-8,11,18,20H,9-10H2,1-2H3,(H,19,21). The van der Waals surface area contributed by atoms with Crippen LogP contribution in [0.3, 0.4) is 0 Å². The summed E-state index contributed by atoms with van der Waals surface area (Å²) in [6.07, 6.45) is 0.624. The Bertz CT molecular complexity index is 621. The Hall–Kier alpha value is -2.33. The van der Waals surface area contributed by atoms with E-state index in [4.69, 9.17) is 5.11 Å². The number of hydrogen-bond acceptors (Lipinski definition) is 3. The van der Waals surface area contributed by atoms with Gasteiger partial charge in [-0.05, 0) is 54.8 Å². The van der Waals surface area contributed by atoms with Crippen molar-refractivity contribution in [3.05, 3.63) is 59.2 Å². The van der Waals surface area contributed by atoms with E-state index >= 15 is 0 Å². The highest BCUT2D eigenvalue weighted by Crippen LogP contribution is 2.17. The number of rotatable bonds is 5. The van der Waals surface area contributed by atoms with Crippen molar-refractivity contribution in [3.63, 3.8) is 0 Å². The summed E-state index contributed by atoms with van der Waals surface area (Å²) >= 11 is 0. The zero-order chi connectivity index (χ0) is 15.2. The van der Waals surface area contributed by atoms with Crippen LogP contribution in [-0.4, -0.2) is 24.7 Å². The molecular weight excluding hydrogens is 264 g/mol. The third-order valence-corrected chi connectivity index (χ3v) is 3.37. The summed E-state index contributed by atoms with van der Waals surface area (Å²) in [6, 6.07) is 13.1. The fourth-order valence-corrected chi connectivity index (χ4v) is 2.16. The molecule has 2 aromatic rings. The molecule has 1 amide bonds. The van der Waals surface area contributed by atoms with Crippen molar-refractivity contribution in [2.24, 2.45) is 0 Å². The van der Waals surface area contributed by atoms with Crippen molar-refractivity contribution >= 4 is 17.3 Å². The average Bonchev–Trinajstić information content (AvgIpc) is 2.49. The molecule has 2 rings (SSSR count). The predicted octanol–water partition coefficient (Wildman–Crippen LogP) is 2.82. The first-order chi connectivity index (χ1) is 10.1. The van der Waals surface area contributed by atoms with Crippen molar-refractivity contribution in [3.8, 4) is 0 Å². The van der Waals surface area contributed by atoms with Gasteiger partial charge < -0.3 is 15.7 Å². The van der Waals surface area contributed by atoms with Gasteiger partial charge in [-0.3, -0.25) is 4.79 Å². The summed E-state index contributed by atoms with van der Waals surface area (Å²) in [4.78, 5) is 12.3. The van der Waals surface area contributed by atoms with E-state index in [1.807, 2.05) is 56.4 Å². The first kappa shape index (κ1) is 15.1. The van der Waals surface area contributed by atoms with Crippen LogP contribution in [0.1, 0.15) is 21.5 Å². The Morgan fingerprint density at radius 1 is 1.10 bits per heavy atom. The maximum atomic E-state index is 12.3. The van der Waals surface area contributed by atoms with Crippen LogP contribution in [0.25, 0.3) is 0 Å². The maximum absolute atomic E-state index is 12.3. The number of aryl methyl sites for hydroxylation is 1. The number of aliphatic hydroxyl groups excluding tert-OH is 1. The van der Waals surface area contributed by atoms with Gasteiger partial charge in [0.1, 0.15) is 0 Å². The zero-order valence-corrected chi connectivity index (χ0v) is 12.3. The molecule has 0 unspecified atom stereocenters. The molecular formula is C17H20N2O2. The summed E-state index contributed by atoms with van der Waals surface area (Å²) in [5.74, 6) is -0.120. The minimum atomic E-state index is -0.120. The summed E-state index contributed by atoms with van der Waals surface area (Å²) in [7, 11) is 1.85. The van der Waals surface area contributed by atoms with Crippen molar-refractivity contribution in [2.45, 2.75) is 13.3 Å². The minimum Gasteiger partial charge on any atom is -0.396 e. The number of carbonyl (C=O) groups excluding carboxylic acids is 1. The number of benzene rings is 2. The van der Waals surface area contributed by atoms with Crippen LogP contribution < -0.4 is 10.6 Å². The van der Waals surface area contributed by atoms with Gasteiger partial charge in [-0.2, -0.15) is 0 Å². The van der Waals surface area contributed by atoms with Crippen molar-refractivity contribution in [1.82, 2.24) is 0 Å². The van der Waals surface area contributed by atoms with Crippen LogP contribution >= 0.6 is 0 Å². The van der Waals surface area contributed by atoms with Crippen molar-refractivity contribution in [1.29, 1.82) is 0 Å². The molecule has 0 aliphatic carbocycles. The summed E-state index contributed by atoms with van der Waals surface area (Å²) in [6.45, 7) is 2.04. The van der Waals surface area contributed by atoms with E-state index in [9.17, 15) is 4.79 Å². The second-order valence-corrected chi connectivity index (χ2v) is 4.90. The van der Waals surface area contributed by atoms with Crippen molar-refractivity contribution < 1.29 is 9.90 Å². The van der Waals surface area contributed by atoms with Gasteiger partial charge in [0.2, 0.25) is 0 Å². The highest BCUT2D eigenvalue weighted by Gasteiger charge is 2.09. The molecule has 0 saturated heterocycles. The molecule has 2 aromatic carbocycles. The number of carbonyl (C=O) groups is 1. The van der Waals surface area contributed by atoms with Gasteiger partial charge in [0.15, 0.2) is 0 Å². The van der Waals surface area contributed by atoms with Crippen molar-refractivity contribution in [2.75, 3.05) is 24.3 Å². The van der Waals surface area contributed by atoms with Gasteiger partial charge in [-0.15, -0.1) is 0 Å². The van der Waals surface area contributed by atoms with Gasteiger partial charge >= 0.3 is 0 Å². The van der Waals surface area contributed by atoms with E-state index < -0.39 is 0 Å². The van der Waals surface area contributed by atoms with Crippen LogP contribution in [-0.2, 0) is 6.42 Å². The SMILES string of the molecule is CNc1ccc(C(=O)Nc2ccc(CCO)cc2)c(C)c1. The molecule has 110 valence electrons. The zero-order valence-electron chi connectivity index (χ0n) is 12.3. The number of nitrogens with one attached hydrogen (secondary N) is 2. The van der Waals surface area contributed by atoms with Gasteiger partial charge in [-0.1, -0.05) is 12.1 Å². The average molecular weight is 284 g/mol. The van der Waals surface area contributed by atoms with E-state index in [2.05, 4.69) is 10.6 Å². The Morgan fingerprint density at radius 2 is 1.76 bits per heavy atom. The lowest BCUT2D eigenvalue weighted by molar-refractivity contribution is 0.102. The molecule has 0 saturated carbocycles. The molecule has 0 heterocycles. The first-order valence-electron chi connectivity index (χ1n) is 6.93. The van der Waals surface area contributed by atoms with Crippen LogP contribution in [0.5, 0.6) is 0 Å². The van der Waals surface area contributed by atoms with Gasteiger partial charge in [-0.25, -0.2) is 0 Å². The maximum Gasteiger partial charge on any atom is 0.255 e. The first-order valence-corrected chi connectivity index (χ1v) is 6.93. The Balaban J connectivity index is 2.10. The van der Waals surface area contributed by atoms with Gasteiger partial charge in [0, 0.05) is 30.6 Å². The smallest absolute Gasteiger partial charge is 0.255 e. The molecule has 0 spiro atoms. The summed E-state index contributed by atoms with van der Waals surface area (Å²) < 4.78 is 0. The van der Waals surface area contributed by atoms with Crippen LogP contribution in [0.15, 0.2) is 42.5 Å². The number of aliphatic hydroxyl groups is 1. The molecule has 0 aliphatic rings. The molecule has 4 heteroatoms. The van der Waals surface area contributed by atoms with E-state index in [-0.39, 0.29) is 12.5 Å². The minimum absolute atomic E-state index is 0.120. The molecule has 4 nitrogen and oxygen atoms in total. The molecule has 21 heavy (non-hydrogen) atoms. The third kappa shape index (κ3) is 3.83. The van der Waals surface area contributed by atoms with E-state index in [1.165, 1.54) is 0 Å². The Labute approximate surface area is 124 Å². The molecule has 0 radical (unpaired) electrons. The second kappa shape index (κ2) is 6.90. The van der Waals surface area contributed by atoms with Gasteiger partial charge in [0.25, 0.3) is 5.91 Å². The molecule has 3 N–H and O–H groups in total. The van der Waals surface area contributed by atoms with E-state index in [0.717, 1.165) is 22.5 Å².